The van der Waals surface area contributed by atoms with Crippen molar-refractivity contribution in [3.8, 4) is 11.5 Å². The maximum absolute atomic E-state index is 5.31. The minimum atomic E-state index is 0.851. The van der Waals surface area contributed by atoms with Crippen LogP contribution in [0.25, 0.3) is 0 Å². The molecule has 0 aliphatic carbocycles. The molecule has 0 spiro atoms. The Hall–Kier alpha value is -2.29. The van der Waals surface area contributed by atoms with E-state index in [0.29, 0.717) is 0 Å². The molecule has 0 amide bonds. The van der Waals surface area contributed by atoms with E-state index in [0.717, 1.165) is 36.6 Å². The van der Waals surface area contributed by atoms with Gasteiger partial charge in [0, 0.05) is 18.7 Å². The molecule has 2 aromatic carbocycles. The molecule has 1 heterocycles. The van der Waals surface area contributed by atoms with E-state index in [1.165, 1.54) is 16.7 Å². The molecule has 1 aliphatic rings. The van der Waals surface area contributed by atoms with Gasteiger partial charge in [0.25, 0.3) is 0 Å². The van der Waals surface area contributed by atoms with Crippen molar-refractivity contribution in [1.82, 2.24) is 0 Å². The first-order chi connectivity index (χ1) is 10.3. The van der Waals surface area contributed by atoms with Gasteiger partial charge in [-0.15, -0.1) is 0 Å². The third-order valence-corrected chi connectivity index (χ3v) is 3.84. The largest absolute Gasteiger partial charge is 0.497 e. The summed E-state index contributed by atoms with van der Waals surface area (Å²) in [7, 11) is 3.39. The van der Waals surface area contributed by atoms with Crippen LogP contribution >= 0.6 is 0 Å². The fourth-order valence-electron chi connectivity index (χ4n) is 2.67. The van der Waals surface area contributed by atoms with E-state index in [2.05, 4.69) is 24.3 Å². The minimum Gasteiger partial charge on any atom is -0.497 e. The molecule has 0 N–H and O–H groups in total. The zero-order valence-electron chi connectivity index (χ0n) is 12.4. The molecule has 0 bridgehead atoms. The second-order valence-electron chi connectivity index (χ2n) is 5.13. The predicted molar refractivity (Wildman–Crippen MR) is 84.8 cm³/mol. The third kappa shape index (κ3) is 2.92. The lowest BCUT2D eigenvalue weighted by atomic mass is 9.93. The van der Waals surface area contributed by atoms with E-state index in [-0.39, 0.29) is 0 Å². The molecule has 0 atom stereocenters. The Kier molecular flexibility index (Phi) is 3.91. The summed E-state index contributed by atoms with van der Waals surface area (Å²) in [5.41, 5.74) is 4.98. The number of ether oxygens (including phenoxy) is 2. The van der Waals surface area contributed by atoms with Gasteiger partial charge in [-0.1, -0.05) is 12.1 Å². The Labute approximate surface area is 125 Å². The molecular weight excluding hydrogens is 262 g/mol. The number of hydrogen-bond donors (Lipinski definition) is 0. The van der Waals surface area contributed by atoms with Crippen LogP contribution in [0.5, 0.6) is 11.5 Å². The molecule has 0 fully saturated rings. The molecule has 3 rings (SSSR count). The molecule has 108 valence electrons. The average Bonchev–Trinajstić information content (AvgIpc) is 2.55. The van der Waals surface area contributed by atoms with E-state index >= 15 is 0 Å². The summed E-state index contributed by atoms with van der Waals surface area (Å²) >= 11 is 0. The highest BCUT2D eigenvalue weighted by Gasteiger charge is 2.15. The van der Waals surface area contributed by atoms with E-state index < -0.39 is 0 Å². The summed E-state index contributed by atoms with van der Waals surface area (Å²) in [4.78, 5) is 4.71. The Balaban J connectivity index is 1.84. The summed E-state index contributed by atoms with van der Waals surface area (Å²) in [5, 5.41) is 0. The van der Waals surface area contributed by atoms with Crippen LogP contribution in [0.3, 0.4) is 0 Å². The molecule has 1 aliphatic heterocycles. The van der Waals surface area contributed by atoms with Crippen LogP contribution in [0.4, 0.5) is 0 Å². The molecule has 0 radical (unpaired) electrons. The quantitative estimate of drug-likeness (QED) is 0.861. The summed E-state index contributed by atoms with van der Waals surface area (Å²) in [6.45, 7) is 0.853. The van der Waals surface area contributed by atoms with Crippen LogP contribution in [-0.4, -0.2) is 26.5 Å². The van der Waals surface area contributed by atoms with Crippen LogP contribution in [0, 0.1) is 0 Å². The molecule has 0 saturated carbocycles. The maximum atomic E-state index is 5.31. The first-order valence-electron chi connectivity index (χ1n) is 7.13. The molecule has 0 aromatic heterocycles. The Morgan fingerprint density at radius 2 is 1.67 bits per heavy atom. The van der Waals surface area contributed by atoms with Gasteiger partial charge in [-0.2, -0.15) is 0 Å². The predicted octanol–water partition coefficient (Wildman–Crippen LogP) is 3.29. The molecule has 3 heteroatoms. The SMILES string of the molecule is COc1ccc(CC2=NCCc3cc(OC)ccc32)cc1. The number of aliphatic imine (C=N–C) groups is 1. The number of rotatable bonds is 4. The summed E-state index contributed by atoms with van der Waals surface area (Å²) in [6, 6.07) is 14.4. The molecule has 0 unspecified atom stereocenters. The zero-order chi connectivity index (χ0) is 14.7. The van der Waals surface area contributed by atoms with Crippen molar-refractivity contribution in [3.63, 3.8) is 0 Å². The van der Waals surface area contributed by atoms with E-state index in [4.69, 9.17) is 14.5 Å². The Morgan fingerprint density at radius 3 is 2.38 bits per heavy atom. The lowest BCUT2D eigenvalue weighted by molar-refractivity contribution is 0.414. The van der Waals surface area contributed by atoms with Gasteiger partial charge >= 0.3 is 0 Å². The highest BCUT2D eigenvalue weighted by atomic mass is 16.5. The normalized spacial score (nSPS) is 13.3. The van der Waals surface area contributed by atoms with Crippen LogP contribution in [-0.2, 0) is 12.8 Å². The minimum absolute atomic E-state index is 0.851. The topological polar surface area (TPSA) is 30.8 Å². The molecule has 0 saturated heterocycles. The van der Waals surface area contributed by atoms with E-state index in [1.54, 1.807) is 14.2 Å². The highest BCUT2D eigenvalue weighted by molar-refractivity contribution is 6.03. The van der Waals surface area contributed by atoms with Crippen molar-refractivity contribution in [2.75, 3.05) is 20.8 Å². The van der Waals surface area contributed by atoms with Crippen LogP contribution in [0.15, 0.2) is 47.5 Å². The first-order valence-corrected chi connectivity index (χ1v) is 7.13. The van der Waals surface area contributed by atoms with Gasteiger partial charge in [-0.05, 0) is 53.4 Å². The Morgan fingerprint density at radius 1 is 0.952 bits per heavy atom. The van der Waals surface area contributed by atoms with Crippen LogP contribution in [0.2, 0.25) is 0 Å². The number of nitrogens with zero attached hydrogens (tertiary/aromatic N) is 1. The van der Waals surface area contributed by atoms with Gasteiger partial charge in [-0.25, -0.2) is 0 Å². The average molecular weight is 281 g/mol. The van der Waals surface area contributed by atoms with Crippen LogP contribution in [0.1, 0.15) is 16.7 Å². The zero-order valence-corrected chi connectivity index (χ0v) is 12.4. The van der Waals surface area contributed by atoms with Gasteiger partial charge in [0.2, 0.25) is 0 Å². The summed E-state index contributed by atoms with van der Waals surface area (Å²) in [6.07, 6.45) is 1.84. The van der Waals surface area contributed by atoms with Crippen molar-refractivity contribution in [2.24, 2.45) is 4.99 Å². The number of fused-ring (bicyclic) bond motifs is 1. The van der Waals surface area contributed by atoms with Crippen molar-refractivity contribution in [2.45, 2.75) is 12.8 Å². The van der Waals surface area contributed by atoms with Crippen LogP contribution < -0.4 is 9.47 Å². The monoisotopic (exact) mass is 281 g/mol. The third-order valence-electron chi connectivity index (χ3n) is 3.84. The van der Waals surface area contributed by atoms with E-state index in [9.17, 15) is 0 Å². The lowest BCUT2D eigenvalue weighted by Gasteiger charge is -2.18. The van der Waals surface area contributed by atoms with Crippen molar-refractivity contribution >= 4 is 5.71 Å². The number of methoxy groups -OCH3 is 2. The molecular formula is C18H19NO2. The van der Waals surface area contributed by atoms with Crippen molar-refractivity contribution in [3.05, 3.63) is 59.2 Å². The van der Waals surface area contributed by atoms with Gasteiger partial charge in [0.15, 0.2) is 0 Å². The van der Waals surface area contributed by atoms with Gasteiger partial charge < -0.3 is 9.47 Å². The standard InChI is InChI=1S/C18H19NO2/c1-20-15-5-3-13(4-6-15)11-18-17-8-7-16(21-2)12-14(17)9-10-19-18/h3-8,12H,9-11H2,1-2H3. The summed E-state index contributed by atoms with van der Waals surface area (Å²) in [5.74, 6) is 1.80. The number of benzene rings is 2. The second kappa shape index (κ2) is 6.00. The van der Waals surface area contributed by atoms with Gasteiger partial charge in [0.05, 0.1) is 14.2 Å². The number of hydrogen-bond acceptors (Lipinski definition) is 3. The van der Waals surface area contributed by atoms with Gasteiger partial charge in [0.1, 0.15) is 11.5 Å². The second-order valence-corrected chi connectivity index (χ2v) is 5.13. The molecule has 3 nitrogen and oxygen atoms in total. The van der Waals surface area contributed by atoms with E-state index in [1.807, 2.05) is 18.2 Å². The maximum Gasteiger partial charge on any atom is 0.119 e. The molecule has 2 aromatic rings. The lowest BCUT2D eigenvalue weighted by Crippen LogP contribution is -2.15. The summed E-state index contributed by atoms with van der Waals surface area (Å²) < 4.78 is 10.5. The fraction of sp³-hybridized carbons (Fsp3) is 0.278. The Bertz CT molecular complexity index is 659. The van der Waals surface area contributed by atoms with Crippen molar-refractivity contribution in [1.29, 1.82) is 0 Å². The molecule has 21 heavy (non-hydrogen) atoms. The highest BCUT2D eigenvalue weighted by Crippen LogP contribution is 2.24. The van der Waals surface area contributed by atoms with Crippen molar-refractivity contribution < 1.29 is 9.47 Å². The first kappa shape index (κ1) is 13.7. The van der Waals surface area contributed by atoms with Gasteiger partial charge in [-0.3, -0.25) is 4.99 Å². The smallest absolute Gasteiger partial charge is 0.119 e. The fourth-order valence-corrected chi connectivity index (χ4v) is 2.67.